The molecule has 0 unspecified atom stereocenters. The molecule has 4 N–H and O–H groups in total. The molecule has 62 heavy (non-hydrogen) atoms. The average molecular weight is 877 g/mol. The van der Waals surface area contributed by atoms with Gasteiger partial charge in [0, 0.05) is 34.5 Å². The number of hydrogen-bond donors (Lipinski definition) is 4. The van der Waals surface area contributed by atoms with Crippen LogP contribution >= 0.6 is 0 Å². The van der Waals surface area contributed by atoms with Crippen LogP contribution in [0.25, 0.3) is 12.2 Å². The number of carbonyl (C=O) groups is 2. The summed E-state index contributed by atoms with van der Waals surface area (Å²) in [5, 5.41) is 67.8. The molecule has 0 aliphatic heterocycles. The SMILES string of the molecule is O=C(O)c1ccc(N=Nc2ccc(N=[N+]([O-])c3ccc(/C=C/c4ccc([N+]([O-])=Nc5ccc(N=Nc6ccc(C(=O)O)cc6)cc5)cc4S(=O)(=O)O)c(S(=O)(=O)O)c3)cc2)cc1. The van der Waals surface area contributed by atoms with Crippen LogP contribution in [0.15, 0.2) is 174 Å². The van der Waals surface area contributed by atoms with E-state index in [0.29, 0.717) is 22.7 Å². The topological polar surface area (TPSA) is 310 Å². The van der Waals surface area contributed by atoms with Crippen molar-refractivity contribution in [2.75, 3.05) is 0 Å². The summed E-state index contributed by atoms with van der Waals surface area (Å²) in [6.45, 7) is 0. The minimum absolute atomic E-state index is 0.0844. The van der Waals surface area contributed by atoms with Gasteiger partial charge in [0.05, 0.1) is 33.9 Å². The van der Waals surface area contributed by atoms with Crippen LogP contribution in [-0.2, 0) is 20.2 Å². The van der Waals surface area contributed by atoms with Gasteiger partial charge in [0.1, 0.15) is 21.2 Å². The molecule has 6 rings (SSSR count). The van der Waals surface area contributed by atoms with Crippen LogP contribution in [0.2, 0.25) is 0 Å². The second-order valence-corrected chi connectivity index (χ2v) is 15.4. The summed E-state index contributed by atoms with van der Waals surface area (Å²) in [5.74, 6) is -2.17. The molecule has 22 heteroatoms. The zero-order valence-corrected chi connectivity index (χ0v) is 32.9. The molecule has 0 fully saturated rings. The maximum Gasteiger partial charge on any atom is 0.335 e. The second-order valence-electron chi connectivity index (χ2n) is 12.6. The fourth-order valence-electron chi connectivity index (χ4n) is 5.26. The smallest absolute Gasteiger partial charge is 0.335 e. The van der Waals surface area contributed by atoms with Crippen LogP contribution < -0.4 is 0 Å². The van der Waals surface area contributed by atoms with Gasteiger partial charge in [-0.15, -0.1) is 0 Å². The predicted molar refractivity (Wildman–Crippen MR) is 220 cm³/mol. The standard InChI is InChI=1S/C40H28N8O12S2/c49-39(50)27-3-9-29(10-4-27)41-43-31-13-17-33(18-14-31)45-47(53)35-21-7-25(37(23-35)61(55,56)57)1-2-26-8-22-36(24-38(26)62(58,59)60)48(54)46-34-19-15-32(16-20-34)44-42-30-11-5-28(6-12-30)40(51)52/h1-24H,(H,49,50)(H,51,52)(H,55,56,57)(H,58,59,60)/b2-1+,43-41?,44-42?,47-45?,48-46?. The van der Waals surface area contributed by atoms with E-state index in [1.807, 2.05) is 0 Å². The number of azo groups is 4. The summed E-state index contributed by atoms with van der Waals surface area (Å²) in [4.78, 5) is 20.7. The Kier molecular flexibility index (Phi) is 12.9. The normalized spacial score (nSPS) is 12.7. The first-order chi connectivity index (χ1) is 29.4. The van der Waals surface area contributed by atoms with Gasteiger partial charge in [0.25, 0.3) is 20.2 Å². The molecule has 20 nitrogen and oxygen atoms in total. The third-order valence-electron chi connectivity index (χ3n) is 8.34. The highest BCUT2D eigenvalue weighted by atomic mass is 32.2. The molecule has 0 spiro atoms. The van der Waals surface area contributed by atoms with Gasteiger partial charge in [-0.2, -0.15) is 37.3 Å². The van der Waals surface area contributed by atoms with Crippen LogP contribution in [0.1, 0.15) is 31.8 Å². The molecular weight excluding hydrogens is 849 g/mol. The third kappa shape index (κ3) is 11.3. The minimum Gasteiger partial charge on any atom is -0.594 e. The van der Waals surface area contributed by atoms with E-state index in [9.17, 15) is 45.9 Å². The average Bonchev–Trinajstić information content (AvgIpc) is 3.24. The molecule has 0 radical (unpaired) electrons. The molecular formula is C40H28N8O12S2. The van der Waals surface area contributed by atoms with Gasteiger partial charge in [-0.05, 0) is 120 Å². The highest BCUT2D eigenvalue weighted by molar-refractivity contribution is 7.86. The van der Waals surface area contributed by atoms with Crippen molar-refractivity contribution < 1.29 is 55.5 Å². The van der Waals surface area contributed by atoms with Crippen LogP contribution in [0.3, 0.4) is 0 Å². The van der Waals surface area contributed by atoms with E-state index in [1.165, 1.54) is 109 Å². The van der Waals surface area contributed by atoms with E-state index in [2.05, 4.69) is 30.7 Å². The van der Waals surface area contributed by atoms with E-state index in [4.69, 9.17) is 10.2 Å². The maximum atomic E-state index is 12.9. The Morgan fingerprint density at radius 1 is 0.452 bits per heavy atom. The number of rotatable bonds is 14. The van der Waals surface area contributed by atoms with E-state index >= 15 is 0 Å². The molecule has 0 aliphatic carbocycles. The number of carboxylic acids is 2. The summed E-state index contributed by atoms with van der Waals surface area (Å²) in [5.41, 5.74) is 0.957. The van der Waals surface area contributed by atoms with Gasteiger partial charge < -0.3 is 20.6 Å². The van der Waals surface area contributed by atoms with Crippen molar-refractivity contribution in [3.05, 3.63) is 166 Å². The molecule has 0 amide bonds. The van der Waals surface area contributed by atoms with E-state index in [0.717, 1.165) is 36.4 Å². The lowest BCUT2D eigenvalue weighted by molar-refractivity contribution is -0.435. The van der Waals surface area contributed by atoms with Crippen molar-refractivity contribution >= 4 is 89.8 Å². The molecule has 0 atom stereocenters. The van der Waals surface area contributed by atoms with Crippen molar-refractivity contribution in [3.8, 4) is 0 Å². The van der Waals surface area contributed by atoms with Crippen molar-refractivity contribution in [1.29, 1.82) is 0 Å². The zero-order valence-electron chi connectivity index (χ0n) is 31.3. The summed E-state index contributed by atoms with van der Waals surface area (Å²) >= 11 is 0. The Balaban J connectivity index is 1.18. The van der Waals surface area contributed by atoms with Gasteiger partial charge >= 0.3 is 11.9 Å². The first kappa shape index (κ1) is 43.4. The van der Waals surface area contributed by atoms with Crippen molar-refractivity contribution in [3.63, 3.8) is 0 Å². The van der Waals surface area contributed by atoms with Gasteiger partial charge in [0.15, 0.2) is 0 Å². The highest BCUT2D eigenvalue weighted by Gasteiger charge is 2.21. The third-order valence-corrected chi connectivity index (χ3v) is 10.2. The first-order valence-corrected chi connectivity index (χ1v) is 20.3. The Hall–Kier alpha value is -8.18. The number of aromatic carboxylic acids is 2. The monoisotopic (exact) mass is 876 g/mol. The fraction of sp³-hybridized carbons (Fsp3) is 0. The summed E-state index contributed by atoms with van der Waals surface area (Å²) in [6, 6.07) is 29.4. The van der Waals surface area contributed by atoms with Crippen LogP contribution in [0, 0.1) is 10.4 Å². The molecule has 312 valence electrons. The van der Waals surface area contributed by atoms with Crippen LogP contribution in [0.4, 0.5) is 45.5 Å². The molecule has 0 bridgehead atoms. The van der Waals surface area contributed by atoms with Gasteiger partial charge in [-0.1, -0.05) is 21.9 Å². The zero-order chi connectivity index (χ0) is 44.6. The van der Waals surface area contributed by atoms with E-state index < -0.39 is 42.0 Å². The molecule has 0 aliphatic rings. The largest absolute Gasteiger partial charge is 0.594 e. The van der Waals surface area contributed by atoms with Crippen LogP contribution in [0.5, 0.6) is 0 Å². The molecule has 6 aromatic rings. The lowest BCUT2D eigenvalue weighted by Crippen LogP contribution is -2.03. The summed E-state index contributed by atoms with van der Waals surface area (Å²) < 4.78 is 69.6. The van der Waals surface area contributed by atoms with E-state index in [1.54, 1.807) is 0 Å². The van der Waals surface area contributed by atoms with E-state index in [-0.39, 0.29) is 54.7 Å². The Morgan fingerprint density at radius 3 is 1.00 bits per heavy atom. The lowest BCUT2D eigenvalue weighted by Gasteiger charge is -2.07. The van der Waals surface area contributed by atoms with Gasteiger partial charge in [0.2, 0.25) is 11.4 Å². The van der Waals surface area contributed by atoms with Crippen molar-refractivity contribution in [2.24, 2.45) is 30.7 Å². The van der Waals surface area contributed by atoms with Crippen LogP contribution in [-0.4, -0.2) is 57.8 Å². The first-order valence-electron chi connectivity index (χ1n) is 17.4. The quantitative estimate of drug-likeness (QED) is 0.0261. The Bertz CT molecular complexity index is 2860. The van der Waals surface area contributed by atoms with Crippen molar-refractivity contribution in [2.45, 2.75) is 9.79 Å². The number of nitrogens with zero attached hydrogens (tertiary/aromatic N) is 8. The second kappa shape index (κ2) is 18.4. The van der Waals surface area contributed by atoms with Gasteiger partial charge in [-0.25, -0.2) is 9.59 Å². The Morgan fingerprint density at radius 2 is 0.726 bits per heavy atom. The highest BCUT2D eigenvalue weighted by Crippen LogP contribution is 2.30. The molecule has 0 saturated carbocycles. The number of hydrogen-bond acceptors (Lipinski definition) is 14. The summed E-state index contributed by atoms with van der Waals surface area (Å²) in [7, 11) is -9.97. The maximum absolute atomic E-state index is 12.9. The lowest BCUT2D eigenvalue weighted by atomic mass is 10.1. The number of benzene rings is 6. The van der Waals surface area contributed by atoms with Crippen molar-refractivity contribution in [1.82, 2.24) is 0 Å². The molecule has 6 aromatic carbocycles. The molecule has 0 heterocycles. The predicted octanol–water partition coefficient (Wildman–Crippen LogP) is 10.4. The van der Waals surface area contributed by atoms with Gasteiger partial charge in [-0.3, -0.25) is 9.11 Å². The molecule has 0 aromatic heterocycles. The minimum atomic E-state index is -4.98. The fourth-order valence-corrected chi connectivity index (χ4v) is 6.66. The Labute approximate surface area is 350 Å². The molecule has 0 saturated heterocycles. The summed E-state index contributed by atoms with van der Waals surface area (Å²) in [6.07, 6.45) is 2.19. The number of carboxylic acid groups (broad SMARTS) is 2.